The van der Waals surface area contributed by atoms with Crippen molar-refractivity contribution < 1.29 is 35.1 Å². The molecule has 5 nitrogen and oxygen atoms in total. The molecule has 36 heavy (non-hydrogen) atoms. The third kappa shape index (κ3) is 5.78. The van der Waals surface area contributed by atoms with E-state index >= 15 is 0 Å². The van der Waals surface area contributed by atoms with Crippen molar-refractivity contribution in [3.8, 4) is 0 Å². The molecular weight excluding hydrogens is 522 g/mol. The van der Waals surface area contributed by atoms with Crippen molar-refractivity contribution in [2.45, 2.75) is 31.4 Å². The maximum Gasteiger partial charge on any atom is 0.459 e. The Kier molecular flexibility index (Phi) is 7.65. The molecule has 0 bridgehead atoms. The van der Waals surface area contributed by atoms with E-state index in [9.17, 15) is 35.1 Å². The number of benzene rings is 2. The van der Waals surface area contributed by atoms with Gasteiger partial charge in [-0.15, -0.1) is 0 Å². The van der Waals surface area contributed by atoms with E-state index in [0.717, 1.165) is 12.6 Å². The number of aromatic nitrogens is 2. The minimum absolute atomic E-state index is 0.00753. The molecule has 0 fully saturated rings. The average Bonchev–Trinajstić information content (AvgIpc) is 3.14. The van der Waals surface area contributed by atoms with Crippen LogP contribution >= 0.6 is 11.6 Å². The zero-order valence-electron chi connectivity index (χ0n) is 18.4. The van der Waals surface area contributed by atoms with Crippen LogP contribution in [0.4, 0.5) is 40.8 Å². The third-order valence-electron chi connectivity index (χ3n) is 4.99. The Labute approximate surface area is 204 Å². The molecule has 0 amide bonds. The molecule has 0 spiro atoms. The summed E-state index contributed by atoms with van der Waals surface area (Å²) in [5.74, 6) is -6.85. The quantitative estimate of drug-likeness (QED) is 0.217. The summed E-state index contributed by atoms with van der Waals surface area (Å²) in [7, 11) is 0.754. The molecular formula is C22H18ClF8N5. The summed E-state index contributed by atoms with van der Waals surface area (Å²) in [6.07, 6.45) is -12.0. The number of aryl methyl sites for hydroxylation is 1. The second kappa shape index (κ2) is 10.1. The zero-order valence-corrected chi connectivity index (χ0v) is 19.1. The van der Waals surface area contributed by atoms with E-state index in [-0.39, 0.29) is 16.9 Å². The summed E-state index contributed by atoms with van der Waals surface area (Å²) in [5, 5.41) is 6.24. The fourth-order valence-electron chi connectivity index (χ4n) is 3.34. The van der Waals surface area contributed by atoms with E-state index in [1.807, 2.05) is 30.3 Å². The van der Waals surface area contributed by atoms with Gasteiger partial charge in [0.1, 0.15) is 17.1 Å². The van der Waals surface area contributed by atoms with Crippen LogP contribution in [0.5, 0.6) is 0 Å². The van der Waals surface area contributed by atoms with Crippen LogP contribution in [0.3, 0.4) is 0 Å². The monoisotopic (exact) mass is 539 g/mol. The van der Waals surface area contributed by atoms with E-state index in [1.54, 1.807) is 0 Å². The Hall–Kier alpha value is -3.19. The van der Waals surface area contributed by atoms with Crippen LogP contribution in [0, 0.1) is 0 Å². The number of nitrogens with two attached hydrogens (primary N) is 1. The van der Waals surface area contributed by atoms with Crippen molar-refractivity contribution in [3.63, 3.8) is 0 Å². The minimum Gasteiger partial charge on any atom is -0.382 e. The van der Waals surface area contributed by atoms with Crippen LogP contribution in [-0.4, -0.2) is 21.8 Å². The van der Waals surface area contributed by atoms with Crippen molar-refractivity contribution in [2.24, 2.45) is 17.8 Å². The summed E-state index contributed by atoms with van der Waals surface area (Å²) < 4.78 is 107. The molecule has 3 N–H and O–H groups in total. The molecule has 0 saturated carbocycles. The lowest BCUT2D eigenvalue weighted by Crippen LogP contribution is -2.36. The highest BCUT2D eigenvalue weighted by Crippen LogP contribution is 2.48. The molecule has 3 aromatic rings. The highest BCUT2D eigenvalue weighted by atomic mass is 35.5. The van der Waals surface area contributed by atoms with E-state index in [4.69, 9.17) is 17.3 Å². The lowest BCUT2D eigenvalue weighted by Gasteiger charge is -2.19. The Bertz CT molecular complexity index is 1250. The Balaban J connectivity index is 1.97. The maximum atomic E-state index is 13.9. The lowest BCUT2D eigenvalue weighted by atomic mass is 10.1. The van der Waals surface area contributed by atoms with Gasteiger partial charge in [0.25, 0.3) is 0 Å². The van der Waals surface area contributed by atoms with Gasteiger partial charge in [0.15, 0.2) is 5.69 Å². The van der Waals surface area contributed by atoms with Crippen molar-refractivity contribution in [2.75, 3.05) is 0 Å². The molecule has 1 aromatic heterocycles. The number of alkyl halides is 8. The van der Waals surface area contributed by atoms with Gasteiger partial charge in [-0.2, -0.15) is 40.2 Å². The normalized spacial score (nSPS) is 13.3. The highest BCUT2D eigenvalue weighted by molar-refractivity contribution is 6.31. The van der Waals surface area contributed by atoms with E-state index in [2.05, 4.69) is 15.4 Å². The minimum atomic E-state index is -6.32. The van der Waals surface area contributed by atoms with Gasteiger partial charge in [-0.25, -0.2) is 4.99 Å². The predicted octanol–water partition coefficient (Wildman–Crippen LogP) is 6.07. The van der Waals surface area contributed by atoms with E-state index < -0.39 is 41.1 Å². The standard InChI is InChI=1S/C22H18ClF8N5/c1-36-17(16(21(26,27)28)18(35-36)20(24,25)22(29,30)31)19(32)34-14-7-8-15(23)13(9-14)11-33-10-12-5-3-2-4-6-12/h2-9,33H,10-11H2,1H3,(H2,32,34). The van der Waals surface area contributed by atoms with Crippen LogP contribution in [-0.2, 0) is 32.2 Å². The SMILES string of the molecule is Cn1nc(C(F)(F)C(F)(F)F)c(C(F)(F)F)c1C(N)=Nc1ccc(Cl)c(CNCc2ccccc2)c1. The molecule has 194 valence electrons. The van der Waals surface area contributed by atoms with Crippen molar-refractivity contribution in [1.82, 2.24) is 15.1 Å². The Morgan fingerprint density at radius 3 is 2.22 bits per heavy atom. The lowest BCUT2D eigenvalue weighted by molar-refractivity contribution is -0.292. The van der Waals surface area contributed by atoms with Gasteiger partial charge in [0, 0.05) is 25.2 Å². The fraction of sp³-hybridized carbons (Fsp3) is 0.273. The van der Waals surface area contributed by atoms with Gasteiger partial charge < -0.3 is 11.1 Å². The average molecular weight is 540 g/mol. The number of rotatable bonds is 7. The molecule has 0 aliphatic heterocycles. The molecule has 0 aliphatic carbocycles. The van der Waals surface area contributed by atoms with Gasteiger partial charge in [-0.3, -0.25) is 4.68 Å². The zero-order chi connectivity index (χ0) is 26.9. The first-order chi connectivity index (χ1) is 16.6. The maximum absolute atomic E-state index is 13.9. The number of nitrogens with zero attached hydrogens (tertiary/aromatic N) is 3. The van der Waals surface area contributed by atoms with Gasteiger partial charge >= 0.3 is 18.3 Å². The number of hydrogen-bond acceptors (Lipinski definition) is 3. The van der Waals surface area contributed by atoms with Crippen LogP contribution in [0.2, 0.25) is 5.02 Å². The van der Waals surface area contributed by atoms with Crippen LogP contribution in [0.1, 0.15) is 28.1 Å². The van der Waals surface area contributed by atoms with Gasteiger partial charge in [-0.1, -0.05) is 41.9 Å². The molecule has 0 saturated heterocycles. The second-order valence-electron chi connectivity index (χ2n) is 7.63. The molecule has 2 aromatic carbocycles. The predicted molar refractivity (Wildman–Crippen MR) is 117 cm³/mol. The molecule has 3 rings (SSSR count). The molecule has 0 radical (unpaired) electrons. The van der Waals surface area contributed by atoms with Crippen molar-refractivity contribution >= 4 is 23.1 Å². The van der Waals surface area contributed by atoms with Gasteiger partial charge in [0.05, 0.1) is 5.69 Å². The summed E-state index contributed by atoms with van der Waals surface area (Å²) in [6.45, 7) is 0.714. The Morgan fingerprint density at radius 2 is 1.64 bits per heavy atom. The number of nitrogens with one attached hydrogen (secondary N) is 1. The first kappa shape index (κ1) is 27.4. The van der Waals surface area contributed by atoms with Crippen molar-refractivity contribution in [3.05, 3.63) is 81.6 Å². The fourth-order valence-corrected chi connectivity index (χ4v) is 3.52. The summed E-state index contributed by atoms with van der Waals surface area (Å²) in [4.78, 5) is 3.81. The summed E-state index contributed by atoms with van der Waals surface area (Å²) >= 11 is 6.17. The summed E-state index contributed by atoms with van der Waals surface area (Å²) in [6, 6.07) is 13.4. The van der Waals surface area contributed by atoms with Crippen molar-refractivity contribution in [1.29, 1.82) is 0 Å². The molecule has 1 heterocycles. The second-order valence-corrected chi connectivity index (χ2v) is 8.03. The molecule has 14 heteroatoms. The highest BCUT2D eigenvalue weighted by Gasteiger charge is 2.64. The smallest absolute Gasteiger partial charge is 0.382 e. The first-order valence-electron chi connectivity index (χ1n) is 10.1. The first-order valence-corrected chi connectivity index (χ1v) is 10.5. The largest absolute Gasteiger partial charge is 0.459 e. The third-order valence-corrected chi connectivity index (χ3v) is 5.36. The van der Waals surface area contributed by atoms with E-state index in [1.165, 1.54) is 18.2 Å². The number of aliphatic imine (C=N–C) groups is 1. The number of hydrogen-bond donors (Lipinski definition) is 2. The Morgan fingerprint density at radius 1 is 1.00 bits per heavy atom. The van der Waals surface area contributed by atoms with Crippen LogP contribution < -0.4 is 11.1 Å². The molecule has 0 atom stereocenters. The van der Waals surface area contributed by atoms with Crippen LogP contribution in [0.15, 0.2) is 53.5 Å². The van der Waals surface area contributed by atoms with Gasteiger partial charge in [0.2, 0.25) is 0 Å². The van der Waals surface area contributed by atoms with Crippen LogP contribution in [0.25, 0.3) is 0 Å². The molecule has 0 unspecified atom stereocenters. The molecule has 0 aliphatic rings. The van der Waals surface area contributed by atoms with Gasteiger partial charge in [-0.05, 0) is 29.3 Å². The summed E-state index contributed by atoms with van der Waals surface area (Å²) in [5.41, 5.74) is 1.06. The van der Waals surface area contributed by atoms with E-state index in [0.29, 0.717) is 17.1 Å². The number of halogens is 9. The topological polar surface area (TPSA) is 68.2 Å². The number of amidine groups is 1.